The first-order valence-corrected chi connectivity index (χ1v) is 6.58. The fraction of sp³-hybridized carbons (Fsp3) is 0.467. The van der Waals surface area contributed by atoms with Crippen LogP contribution in [0.15, 0.2) is 18.2 Å². The average Bonchev–Trinajstić information content (AvgIpc) is 3.01. The largest absolute Gasteiger partial charge is 0.493 e. The van der Waals surface area contributed by atoms with E-state index in [0.29, 0.717) is 17.2 Å². The molecule has 2 atom stereocenters. The van der Waals surface area contributed by atoms with Crippen LogP contribution in [-0.4, -0.2) is 31.2 Å². The molecule has 2 unspecified atom stereocenters. The molecular formula is C15H19NO5. The van der Waals surface area contributed by atoms with Gasteiger partial charge in [0.05, 0.1) is 26.1 Å². The van der Waals surface area contributed by atoms with Gasteiger partial charge in [0.2, 0.25) is 5.91 Å². The lowest BCUT2D eigenvalue weighted by molar-refractivity contribution is -0.140. The SMILES string of the molecule is COc1ccc(NC(=O)C2C(C(=O)O)C2(C)C)cc1OC. The number of carbonyl (C=O) groups is 2. The van der Waals surface area contributed by atoms with Gasteiger partial charge in [0, 0.05) is 11.8 Å². The van der Waals surface area contributed by atoms with Crippen LogP contribution in [0.4, 0.5) is 5.69 Å². The van der Waals surface area contributed by atoms with E-state index in [0.717, 1.165) is 0 Å². The summed E-state index contributed by atoms with van der Waals surface area (Å²) in [5, 5.41) is 11.8. The molecule has 0 heterocycles. The van der Waals surface area contributed by atoms with E-state index in [1.807, 2.05) is 0 Å². The van der Waals surface area contributed by atoms with E-state index in [1.165, 1.54) is 14.2 Å². The monoisotopic (exact) mass is 293 g/mol. The fourth-order valence-electron chi connectivity index (χ4n) is 2.72. The number of hydrogen-bond donors (Lipinski definition) is 2. The van der Waals surface area contributed by atoms with Crippen LogP contribution in [0.5, 0.6) is 11.5 Å². The van der Waals surface area contributed by atoms with Gasteiger partial charge >= 0.3 is 5.97 Å². The molecular weight excluding hydrogens is 274 g/mol. The number of amides is 1. The van der Waals surface area contributed by atoms with E-state index < -0.39 is 23.2 Å². The Morgan fingerprint density at radius 1 is 1.14 bits per heavy atom. The summed E-state index contributed by atoms with van der Waals surface area (Å²) in [6.07, 6.45) is 0. The summed E-state index contributed by atoms with van der Waals surface area (Å²) in [7, 11) is 3.04. The number of ether oxygens (including phenoxy) is 2. The maximum absolute atomic E-state index is 12.2. The summed E-state index contributed by atoms with van der Waals surface area (Å²) in [6.45, 7) is 3.56. The van der Waals surface area contributed by atoms with Gasteiger partial charge in [-0.3, -0.25) is 9.59 Å². The summed E-state index contributed by atoms with van der Waals surface area (Å²) in [4.78, 5) is 23.3. The Balaban J connectivity index is 2.13. The molecule has 0 aliphatic heterocycles. The zero-order chi connectivity index (χ0) is 15.8. The van der Waals surface area contributed by atoms with Crippen molar-refractivity contribution in [2.45, 2.75) is 13.8 Å². The van der Waals surface area contributed by atoms with Gasteiger partial charge in [-0.1, -0.05) is 13.8 Å². The van der Waals surface area contributed by atoms with Crippen molar-refractivity contribution in [1.29, 1.82) is 0 Å². The second-order valence-electron chi connectivity index (χ2n) is 5.67. The molecule has 114 valence electrons. The summed E-state index contributed by atoms with van der Waals surface area (Å²) in [5.41, 5.74) is 0.0245. The molecule has 21 heavy (non-hydrogen) atoms. The Hall–Kier alpha value is -2.24. The first kappa shape index (κ1) is 15.2. The maximum Gasteiger partial charge on any atom is 0.307 e. The molecule has 6 nitrogen and oxygen atoms in total. The van der Waals surface area contributed by atoms with Crippen molar-refractivity contribution >= 4 is 17.6 Å². The van der Waals surface area contributed by atoms with E-state index in [-0.39, 0.29) is 5.91 Å². The van der Waals surface area contributed by atoms with Gasteiger partial charge in [-0.25, -0.2) is 0 Å². The number of hydrogen-bond acceptors (Lipinski definition) is 4. The van der Waals surface area contributed by atoms with Gasteiger partial charge in [0.15, 0.2) is 11.5 Å². The van der Waals surface area contributed by atoms with Crippen LogP contribution in [0.3, 0.4) is 0 Å². The lowest BCUT2D eigenvalue weighted by atomic mass is 10.1. The quantitative estimate of drug-likeness (QED) is 0.867. The summed E-state index contributed by atoms with van der Waals surface area (Å²) in [6, 6.07) is 5.01. The van der Waals surface area contributed by atoms with E-state index >= 15 is 0 Å². The van der Waals surface area contributed by atoms with Crippen LogP contribution >= 0.6 is 0 Å². The van der Waals surface area contributed by atoms with E-state index in [4.69, 9.17) is 14.6 Å². The first-order chi connectivity index (χ1) is 9.82. The lowest BCUT2D eigenvalue weighted by Crippen LogP contribution is -2.17. The number of carboxylic acids is 1. The predicted molar refractivity (Wildman–Crippen MR) is 76.6 cm³/mol. The Bertz CT molecular complexity index is 581. The van der Waals surface area contributed by atoms with E-state index in [1.54, 1.807) is 32.0 Å². The summed E-state index contributed by atoms with van der Waals surface area (Å²) < 4.78 is 10.3. The van der Waals surface area contributed by atoms with Crippen LogP contribution in [0.1, 0.15) is 13.8 Å². The first-order valence-electron chi connectivity index (χ1n) is 6.58. The van der Waals surface area contributed by atoms with Gasteiger partial charge in [-0.15, -0.1) is 0 Å². The van der Waals surface area contributed by atoms with E-state index in [9.17, 15) is 9.59 Å². The van der Waals surface area contributed by atoms with Crippen molar-refractivity contribution in [3.05, 3.63) is 18.2 Å². The molecule has 1 fully saturated rings. The summed E-state index contributed by atoms with van der Waals surface area (Å²) in [5.74, 6) is -1.33. The number of rotatable bonds is 5. The number of benzene rings is 1. The Morgan fingerprint density at radius 2 is 1.76 bits per heavy atom. The minimum Gasteiger partial charge on any atom is -0.493 e. The van der Waals surface area contributed by atoms with Crippen LogP contribution in [0, 0.1) is 17.3 Å². The van der Waals surface area contributed by atoms with Crippen LogP contribution in [0.2, 0.25) is 0 Å². The molecule has 2 N–H and O–H groups in total. The van der Waals surface area contributed by atoms with Gasteiger partial charge in [-0.2, -0.15) is 0 Å². The van der Waals surface area contributed by atoms with Crippen LogP contribution in [0.25, 0.3) is 0 Å². The van der Waals surface area contributed by atoms with Crippen molar-refractivity contribution in [2.24, 2.45) is 17.3 Å². The zero-order valence-corrected chi connectivity index (χ0v) is 12.5. The number of aliphatic carboxylic acids is 1. The smallest absolute Gasteiger partial charge is 0.307 e. The second kappa shape index (κ2) is 5.27. The molecule has 2 rings (SSSR count). The highest BCUT2D eigenvalue weighted by molar-refractivity contribution is 5.99. The molecule has 0 radical (unpaired) electrons. The Morgan fingerprint density at radius 3 is 2.24 bits per heavy atom. The van der Waals surface area contributed by atoms with Crippen molar-refractivity contribution in [3.63, 3.8) is 0 Å². The van der Waals surface area contributed by atoms with Crippen molar-refractivity contribution < 1.29 is 24.2 Å². The molecule has 1 aliphatic carbocycles. The Kier molecular flexibility index (Phi) is 3.80. The van der Waals surface area contributed by atoms with Crippen molar-refractivity contribution in [1.82, 2.24) is 0 Å². The topological polar surface area (TPSA) is 84.9 Å². The molecule has 0 saturated heterocycles. The highest BCUT2D eigenvalue weighted by atomic mass is 16.5. The number of methoxy groups -OCH3 is 2. The van der Waals surface area contributed by atoms with Gasteiger partial charge < -0.3 is 19.9 Å². The molecule has 1 amide bonds. The van der Waals surface area contributed by atoms with Crippen molar-refractivity contribution in [2.75, 3.05) is 19.5 Å². The minimum absolute atomic E-state index is 0.292. The maximum atomic E-state index is 12.2. The standard InChI is InChI=1S/C15H19NO5/c1-15(2)11(12(15)14(18)19)13(17)16-8-5-6-9(20-3)10(7-8)21-4/h5-7,11-12H,1-4H3,(H,16,17)(H,18,19). The van der Waals surface area contributed by atoms with Gasteiger partial charge in [0.1, 0.15) is 0 Å². The molecule has 0 bridgehead atoms. The number of carboxylic acid groups (broad SMARTS) is 1. The van der Waals surface area contributed by atoms with Gasteiger partial charge in [-0.05, 0) is 17.5 Å². The molecule has 1 aromatic carbocycles. The number of nitrogens with one attached hydrogen (secondary N) is 1. The minimum atomic E-state index is -0.938. The highest BCUT2D eigenvalue weighted by Gasteiger charge is 2.65. The lowest BCUT2D eigenvalue weighted by Gasteiger charge is -2.11. The number of anilines is 1. The van der Waals surface area contributed by atoms with E-state index in [2.05, 4.69) is 5.32 Å². The van der Waals surface area contributed by atoms with Gasteiger partial charge in [0.25, 0.3) is 0 Å². The van der Waals surface area contributed by atoms with Crippen LogP contribution < -0.4 is 14.8 Å². The Labute approximate surface area is 123 Å². The summed E-state index contributed by atoms with van der Waals surface area (Å²) >= 11 is 0. The molecule has 6 heteroatoms. The predicted octanol–water partition coefficient (Wildman–Crippen LogP) is 2.00. The zero-order valence-electron chi connectivity index (χ0n) is 12.5. The highest BCUT2D eigenvalue weighted by Crippen LogP contribution is 2.58. The molecule has 0 spiro atoms. The number of carbonyl (C=O) groups excluding carboxylic acids is 1. The molecule has 1 aromatic rings. The second-order valence-corrected chi connectivity index (χ2v) is 5.67. The van der Waals surface area contributed by atoms with Crippen LogP contribution in [-0.2, 0) is 9.59 Å². The third kappa shape index (κ3) is 2.66. The average molecular weight is 293 g/mol. The fourth-order valence-corrected chi connectivity index (χ4v) is 2.72. The molecule has 0 aromatic heterocycles. The normalized spacial score (nSPS) is 22.3. The molecule has 1 saturated carbocycles. The van der Waals surface area contributed by atoms with Crippen molar-refractivity contribution in [3.8, 4) is 11.5 Å². The third-order valence-corrected chi connectivity index (χ3v) is 4.03. The third-order valence-electron chi connectivity index (χ3n) is 4.03. The molecule has 1 aliphatic rings.